The van der Waals surface area contributed by atoms with Crippen molar-refractivity contribution in [2.75, 3.05) is 0 Å². The van der Waals surface area contributed by atoms with Crippen LogP contribution in [0.25, 0.3) is 0 Å². The van der Waals surface area contributed by atoms with Crippen LogP contribution in [0.15, 0.2) is 0 Å². The van der Waals surface area contributed by atoms with Crippen molar-refractivity contribution in [1.82, 2.24) is 0 Å². The molecule has 0 N–H and O–H groups in total. The third-order valence-electron chi connectivity index (χ3n) is 6.06. The summed E-state index contributed by atoms with van der Waals surface area (Å²) in [5.74, 6) is 0.268. The monoisotopic (exact) mass is 358 g/mol. The van der Waals surface area contributed by atoms with Gasteiger partial charge in [0.2, 0.25) is 0 Å². The minimum absolute atomic E-state index is 0.126. The Morgan fingerprint density at radius 1 is 0.870 bits per heavy atom. The van der Waals surface area contributed by atoms with Gasteiger partial charge >= 0.3 is 0 Å². The minimum Gasteiger partial charge on any atom is -0.414 e. The molecule has 0 saturated heterocycles. The van der Waals surface area contributed by atoms with Gasteiger partial charge in [0.1, 0.15) is 6.10 Å². The first-order chi connectivity index (χ1) is 10.1. The summed E-state index contributed by atoms with van der Waals surface area (Å²) in [7, 11) is -3.72. The lowest BCUT2D eigenvalue weighted by atomic mass is 9.94. The van der Waals surface area contributed by atoms with Crippen LogP contribution in [0.3, 0.4) is 0 Å². The van der Waals surface area contributed by atoms with E-state index in [2.05, 4.69) is 67.7 Å². The fourth-order valence-corrected chi connectivity index (χ4v) is 4.99. The van der Waals surface area contributed by atoms with Crippen LogP contribution in [-0.2, 0) is 13.6 Å². The van der Waals surface area contributed by atoms with E-state index in [0.29, 0.717) is 6.42 Å². The van der Waals surface area contributed by atoms with Gasteiger partial charge in [-0.2, -0.15) is 0 Å². The lowest BCUT2D eigenvalue weighted by molar-refractivity contribution is -0.131. The highest BCUT2D eigenvalue weighted by molar-refractivity contribution is 6.74. The summed E-state index contributed by atoms with van der Waals surface area (Å²) in [5.41, 5.74) is 0. The van der Waals surface area contributed by atoms with E-state index < -0.39 is 16.6 Å². The largest absolute Gasteiger partial charge is 0.414 e. The maximum atomic E-state index is 12.4. The normalized spacial score (nSPS) is 24.9. The molecule has 5 heteroatoms. The summed E-state index contributed by atoms with van der Waals surface area (Å²) in [6, 6.07) is 0. The molecule has 23 heavy (non-hydrogen) atoms. The number of ketones is 1. The van der Waals surface area contributed by atoms with Crippen LogP contribution < -0.4 is 0 Å². The van der Waals surface area contributed by atoms with E-state index in [1.54, 1.807) is 0 Å². The molecule has 0 unspecified atom stereocenters. The highest BCUT2D eigenvalue weighted by atomic mass is 28.4. The molecule has 1 aliphatic carbocycles. The van der Waals surface area contributed by atoms with E-state index in [1.807, 2.05) is 0 Å². The minimum atomic E-state index is -1.92. The molecular weight excluding hydrogens is 320 g/mol. The Hall–Kier alpha value is 0.0238. The maximum absolute atomic E-state index is 12.4. The molecule has 1 saturated carbocycles. The molecule has 0 aromatic carbocycles. The van der Waals surface area contributed by atoms with Gasteiger partial charge < -0.3 is 8.85 Å². The third-order valence-corrected chi connectivity index (χ3v) is 15.1. The molecule has 0 radical (unpaired) electrons. The molecule has 0 aromatic heterocycles. The van der Waals surface area contributed by atoms with Gasteiger partial charge in [-0.05, 0) is 42.7 Å². The van der Waals surface area contributed by atoms with Crippen LogP contribution in [0.2, 0.25) is 36.3 Å². The Morgan fingerprint density at radius 3 is 1.74 bits per heavy atom. The number of rotatable bonds is 4. The SMILES string of the molecule is CC(C)(C)[Si](C)(C)O[C@@H]1CCC(=O)[C@H](O[Si](C)(C)C(C)(C)C)C1. The quantitative estimate of drug-likeness (QED) is 0.621. The molecule has 2 atom stereocenters. The van der Waals surface area contributed by atoms with Crippen molar-refractivity contribution in [1.29, 1.82) is 0 Å². The first kappa shape index (κ1) is 21.1. The summed E-state index contributed by atoms with van der Waals surface area (Å²) in [4.78, 5) is 12.4. The molecule has 3 nitrogen and oxygen atoms in total. The van der Waals surface area contributed by atoms with Crippen LogP contribution in [0.4, 0.5) is 0 Å². The first-order valence-electron chi connectivity index (χ1n) is 8.95. The Labute approximate surface area is 145 Å². The molecule has 136 valence electrons. The van der Waals surface area contributed by atoms with E-state index >= 15 is 0 Å². The predicted octanol–water partition coefficient (Wildman–Crippen LogP) is 5.52. The molecule has 1 aliphatic rings. The molecule has 1 fully saturated rings. The van der Waals surface area contributed by atoms with Crippen molar-refractivity contribution < 1.29 is 13.6 Å². The molecule has 0 bridgehead atoms. The zero-order valence-corrected chi connectivity index (χ0v) is 19.0. The lowest BCUT2D eigenvalue weighted by Crippen LogP contribution is -2.51. The average molecular weight is 359 g/mol. The molecule has 0 aromatic rings. The van der Waals surface area contributed by atoms with Crippen molar-refractivity contribution in [3.05, 3.63) is 0 Å². The number of Topliss-reactive ketones (excluding diaryl/α,β-unsaturated/α-hetero) is 1. The number of hydrogen-bond acceptors (Lipinski definition) is 3. The molecular formula is C18H38O3Si2. The molecule has 0 spiro atoms. The van der Waals surface area contributed by atoms with E-state index in [-0.39, 0.29) is 28.1 Å². The van der Waals surface area contributed by atoms with Gasteiger partial charge in [0.15, 0.2) is 22.4 Å². The highest BCUT2D eigenvalue weighted by Gasteiger charge is 2.44. The van der Waals surface area contributed by atoms with Crippen LogP contribution in [0.1, 0.15) is 60.8 Å². The third kappa shape index (κ3) is 5.25. The van der Waals surface area contributed by atoms with Crippen LogP contribution in [-0.4, -0.2) is 34.6 Å². The number of carbonyl (C=O) groups is 1. The summed E-state index contributed by atoms with van der Waals surface area (Å²) in [5, 5.41) is 0.324. The van der Waals surface area contributed by atoms with E-state index in [9.17, 15) is 4.79 Å². The molecule has 0 heterocycles. The Balaban J connectivity index is 2.79. The summed E-state index contributed by atoms with van der Waals surface area (Å²) in [6.45, 7) is 22.4. The van der Waals surface area contributed by atoms with Crippen molar-refractivity contribution in [3.63, 3.8) is 0 Å². The summed E-state index contributed by atoms with van der Waals surface area (Å²) >= 11 is 0. The Bertz CT molecular complexity index is 431. The fourth-order valence-electron chi connectivity index (χ4n) is 2.30. The van der Waals surface area contributed by atoms with Gasteiger partial charge in [0.25, 0.3) is 0 Å². The van der Waals surface area contributed by atoms with Crippen molar-refractivity contribution in [2.24, 2.45) is 0 Å². The molecule has 1 rings (SSSR count). The standard InChI is InChI=1S/C18H38O3Si2/c1-17(2,3)22(7,8)20-14-11-12-15(19)16(13-14)21-23(9,10)18(4,5)6/h14,16H,11-13H2,1-10H3/t14-,16-/m1/s1. The van der Waals surface area contributed by atoms with E-state index in [1.165, 1.54) is 0 Å². The van der Waals surface area contributed by atoms with Gasteiger partial charge in [0.05, 0.1) is 0 Å². The fraction of sp³-hybridized carbons (Fsp3) is 0.944. The smallest absolute Gasteiger partial charge is 0.193 e. The average Bonchev–Trinajstić information content (AvgIpc) is 2.29. The van der Waals surface area contributed by atoms with Gasteiger partial charge in [0, 0.05) is 18.9 Å². The van der Waals surface area contributed by atoms with Crippen molar-refractivity contribution >= 4 is 22.4 Å². The van der Waals surface area contributed by atoms with Gasteiger partial charge in [-0.3, -0.25) is 4.79 Å². The maximum Gasteiger partial charge on any atom is 0.193 e. The first-order valence-corrected chi connectivity index (χ1v) is 14.8. The molecule has 0 amide bonds. The van der Waals surface area contributed by atoms with Gasteiger partial charge in [-0.15, -0.1) is 0 Å². The second-order valence-corrected chi connectivity index (χ2v) is 19.6. The second-order valence-electron chi connectivity index (χ2n) is 10.1. The predicted molar refractivity (Wildman–Crippen MR) is 103 cm³/mol. The second kappa shape index (κ2) is 6.73. The van der Waals surface area contributed by atoms with Crippen LogP contribution in [0.5, 0.6) is 0 Å². The van der Waals surface area contributed by atoms with Gasteiger partial charge in [-0.1, -0.05) is 41.5 Å². The van der Waals surface area contributed by atoms with Crippen molar-refractivity contribution in [2.45, 2.75) is 109 Å². The Kier molecular flexibility index (Phi) is 6.17. The molecule has 0 aliphatic heterocycles. The van der Waals surface area contributed by atoms with Gasteiger partial charge in [-0.25, -0.2) is 0 Å². The highest BCUT2D eigenvalue weighted by Crippen LogP contribution is 2.41. The lowest BCUT2D eigenvalue weighted by Gasteiger charge is -2.43. The topological polar surface area (TPSA) is 35.5 Å². The number of carbonyl (C=O) groups excluding carboxylic acids is 1. The Morgan fingerprint density at radius 2 is 1.30 bits per heavy atom. The van der Waals surface area contributed by atoms with Crippen LogP contribution in [0, 0.1) is 0 Å². The van der Waals surface area contributed by atoms with Crippen molar-refractivity contribution in [3.8, 4) is 0 Å². The zero-order valence-electron chi connectivity index (χ0n) is 17.0. The van der Waals surface area contributed by atoms with E-state index in [4.69, 9.17) is 8.85 Å². The zero-order chi connectivity index (χ0) is 18.3. The summed E-state index contributed by atoms with van der Waals surface area (Å²) < 4.78 is 13.0. The van der Waals surface area contributed by atoms with E-state index in [0.717, 1.165) is 12.8 Å². The summed E-state index contributed by atoms with van der Waals surface area (Å²) in [6.07, 6.45) is 2.09. The van der Waals surface area contributed by atoms with Crippen LogP contribution >= 0.6 is 0 Å². The number of hydrogen-bond donors (Lipinski definition) is 0.